The quantitative estimate of drug-likeness (QED) is 0.651. The highest BCUT2D eigenvalue weighted by Gasteiger charge is 2.21. The lowest BCUT2D eigenvalue weighted by Crippen LogP contribution is -2.19. The molecule has 0 bridgehead atoms. The van der Waals surface area contributed by atoms with Gasteiger partial charge in [0.1, 0.15) is 0 Å². The number of hydrazone groups is 1. The molecule has 15 heavy (non-hydrogen) atoms. The van der Waals surface area contributed by atoms with Crippen LogP contribution in [0.4, 0.5) is 0 Å². The lowest BCUT2D eigenvalue weighted by molar-refractivity contribution is 0.432. The van der Waals surface area contributed by atoms with Crippen LogP contribution in [0.25, 0.3) is 0 Å². The number of nitrogens with zero attached hydrogens (tertiary/aromatic N) is 1. The van der Waals surface area contributed by atoms with Crippen LogP contribution < -0.4 is 5.43 Å². The van der Waals surface area contributed by atoms with Gasteiger partial charge in [0, 0.05) is 18.3 Å². The van der Waals surface area contributed by atoms with Crippen LogP contribution >= 0.6 is 0 Å². The minimum absolute atomic E-state index is 0.577. The van der Waals surface area contributed by atoms with Gasteiger partial charge in [0.2, 0.25) is 0 Å². The Labute approximate surface area is 92.1 Å². The number of nitrogens with one attached hydrogen (secondary N) is 1. The van der Waals surface area contributed by atoms with Crippen LogP contribution in [0, 0.1) is 11.8 Å². The normalized spacial score (nSPS) is 30.6. The molecule has 2 heteroatoms. The summed E-state index contributed by atoms with van der Waals surface area (Å²) in [4.78, 5) is 0. The fourth-order valence-corrected chi connectivity index (χ4v) is 2.54. The fraction of sp³-hybridized carbons (Fsp3) is 0.615. The monoisotopic (exact) mass is 204 g/mol. The number of hydrogen-bond acceptors (Lipinski definition) is 2. The Morgan fingerprint density at radius 3 is 3.13 bits per heavy atom. The van der Waals surface area contributed by atoms with Gasteiger partial charge in [-0.2, -0.15) is 5.10 Å². The molecule has 0 saturated heterocycles. The van der Waals surface area contributed by atoms with E-state index in [2.05, 4.69) is 36.4 Å². The van der Waals surface area contributed by atoms with Gasteiger partial charge in [0.25, 0.3) is 0 Å². The van der Waals surface area contributed by atoms with E-state index in [0.717, 1.165) is 5.92 Å². The Morgan fingerprint density at radius 2 is 2.33 bits per heavy atom. The predicted octanol–water partition coefficient (Wildman–Crippen LogP) is 3.23. The largest absolute Gasteiger partial charge is 0.286 e. The first kappa shape index (κ1) is 10.5. The number of rotatable bonds is 1. The van der Waals surface area contributed by atoms with E-state index in [1.54, 1.807) is 0 Å². The van der Waals surface area contributed by atoms with E-state index >= 15 is 0 Å². The summed E-state index contributed by atoms with van der Waals surface area (Å²) in [5.41, 5.74) is 5.84. The molecule has 2 nitrogen and oxygen atoms in total. The van der Waals surface area contributed by atoms with Crippen LogP contribution in [-0.4, -0.2) is 6.21 Å². The number of allylic oxidation sites excluding steroid dienone is 2. The first-order chi connectivity index (χ1) is 7.27. The van der Waals surface area contributed by atoms with Gasteiger partial charge < -0.3 is 0 Å². The van der Waals surface area contributed by atoms with E-state index in [1.165, 1.54) is 43.3 Å². The lowest BCUT2D eigenvalue weighted by Gasteiger charge is -2.26. The maximum atomic E-state index is 4.13. The molecule has 82 valence electrons. The molecule has 0 aromatic carbocycles. The van der Waals surface area contributed by atoms with Crippen LogP contribution in [0.3, 0.4) is 0 Å². The second-order valence-corrected chi connectivity index (χ2v) is 4.75. The molecule has 1 aliphatic carbocycles. The second-order valence-electron chi connectivity index (χ2n) is 4.75. The maximum Gasteiger partial charge on any atom is 0.0318 e. The molecule has 0 aromatic rings. The smallest absolute Gasteiger partial charge is 0.0318 e. The Kier molecular flexibility index (Phi) is 3.24. The van der Waals surface area contributed by atoms with E-state index in [9.17, 15) is 0 Å². The molecule has 1 N–H and O–H groups in total. The summed E-state index contributed by atoms with van der Waals surface area (Å²) in [6, 6.07) is 0. The van der Waals surface area contributed by atoms with Gasteiger partial charge in [-0.3, -0.25) is 5.43 Å². The predicted molar refractivity (Wildman–Crippen MR) is 64.6 cm³/mol. The highest BCUT2D eigenvalue weighted by Crippen LogP contribution is 2.32. The minimum Gasteiger partial charge on any atom is -0.286 e. The second kappa shape index (κ2) is 4.65. The third-order valence-corrected chi connectivity index (χ3v) is 3.60. The summed E-state index contributed by atoms with van der Waals surface area (Å²) in [6.07, 6.45) is 10.5. The molecule has 2 unspecified atom stereocenters. The summed E-state index contributed by atoms with van der Waals surface area (Å²) < 4.78 is 0. The van der Waals surface area contributed by atoms with E-state index in [-0.39, 0.29) is 0 Å². The molecule has 0 radical (unpaired) electrons. The summed E-state index contributed by atoms with van der Waals surface area (Å²) >= 11 is 0. The van der Waals surface area contributed by atoms with Gasteiger partial charge in [0.15, 0.2) is 0 Å². The van der Waals surface area contributed by atoms with Crippen LogP contribution in [0.2, 0.25) is 0 Å². The molecule has 0 spiro atoms. The third-order valence-electron chi connectivity index (χ3n) is 3.60. The van der Waals surface area contributed by atoms with E-state index in [4.69, 9.17) is 0 Å². The summed E-state index contributed by atoms with van der Waals surface area (Å²) in [7, 11) is 0. The van der Waals surface area contributed by atoms with Crippen LogP contribution in [0.1, 0.15) is 39.0 Å². The van der Waals surface area contributed by atoms with Crippen molar-refractivity contribution < 1.29 is 0 Å². The molecule has 1 fully saturated rings. The molecule has 2 rings (SSSR count). The van der Waals surface area contributed by atoms with Crippen molar-refractivity contribution in [1.29, 1.82) is 0 Å². The molecule has 0 amide bonds. The summed E-state index contributed by atoms with van der Waals surface area (Å²) in [5.74, 6) is 1.31. The van der Waals surface area contributed by atoms with Crippen molar-refractivity contribution in [2.45, 2.75) is 39.0 Å². The Balaban J connectivity index is 2.01. The summed E-state index contributed by atoms with van der Waals surface area (Å²) in [5, 5.41) is 4.13. The van der Waals surface area contributed by atoms with Gasteiger partial charge in [-0.25, -0.2) is 0 Å². The molecule has 1 saturated carbocycles. The van der Waals surface area contributed by atoms with Crippen molar-refractivity contribution in [3.8, 4) is 0 Å². The molecule has 2 aliphatic rings. The van der Waals surface area contributed by atoms with Crippen molar-refractivity contribution >= 4 is 6.21 Å². The van der Waals surface area contributed by atoms with E-state index in [1.807, 2.05) is 0 Å². The van der Waals surface area contributed by atoms with E-state index in [0.29, 0.717) is 5.92 Å². The number of fused-ring (bicyclic) bond motifs is 1. The first-order valence-electron chi connectivity index (χ1n) is 5.90. The fourth-order valence-electron chi connectivity index (χ4n) is 2.54. The zero-order chi connectivity index (χ0) is 10.7. The summed E-state index contributed by atoms with van der Waals surface area (Å²) in [6.45, 7) is 6.26. The van der Waals surface area contributed by atoms with Crippen molar-refractivity contribution in [3.05, 3.63) is 23.9 Å². The molecule has 1 heterocycles. The Morgan fingerprint density at radius 1 is 1.47 bits per heavy atom. The zero-order valence-corrected chi connectivity index (χ0v) is 9.50. The molecule has 0 aromatic heterocycles. The number of hydrogen-bond donors (Lipinski definition) is 1. The van der Waals surface area contributed by atoms with Gasteiger partial charge >= 0.3 is 0 Å². The highest BCUT2D eigenvalue weighted by molar-refractivity contribution is 5.66. The van der Waals surface area contributed by atoms with Crippen molar-refractivity contribution in [1.82, 2.24) is 5.43 Å². The average Bonchev–Trinajstić information content (AvgIpc) is 2.18. The van der Waals surface area contributed by atoms with Gasteiger partial charge in [-0.15, -0.1) is 0 Å². The van der Waals surface area contributed by atoms with Gasteiger partial charge in [0.05, 0.1) is 0 Å². The lowest BCUT2D eigenvalue weighted by atomic mass is 9.80. The van der Waals surface area contributed by atoms with Gasteiger partial charge in [-0.05, 0) is 50.5 Å². The van der Waals surface area contributed by atoms with Crippen LogP contribution in [-0.2, 0) is 0 Å². The first-order valence-corrected chi connectivity index (χ1v) is 5.90. The molecule has 1 aliphatic heterocycles. The highest BCUT2D eigenvalue weighted by atomic mass is 15.3. The van der Waals surface area contributed by atoms with Gasteiger partial charge in [-0.1, -0.05) is 12.2 Å². The van der Waals surface area contributed by atoms with Crippen molar-refractivity contribution in [2.75, 3.05) is 0 Å². The Hall–Kier alpha value is -1.05. The van der Waals surface area contributed by atoms with Crippen molar-refractivity contribution in [2.24, 2.45) is 16.9 Å². The minimum atomic E-state index is 0.577. The van der Waals surface area contributed by atoms with Crippen LogP contribution in [0.5, 0.6) is 0 Å². The Bertz CT molecular complexity index is 302. The standard InChI is InChI=1S/C13H20N2/c1-10(2)11-4-3-5-12-8-14-15-9-13(12)7-6-11/h8-9,11,13-14H,1,3-7H2,2H3. The van der Waals surface area contributed by atoms with E-state index < -0.39 is 0 Å². The molecular weight excluding hydrogens is 184 g/mol. The van der Waals surface area contributed by atoms with Crippen molar-refractivity contribution in [3.63, 3.8) is 0 Å². The maximum absolute atomic E-state index is 4.13. The average molecular weight is 204 g/mol. The third kappa shape index (κ3) is 2.49. The molecular formula is C13H20N2. The SMILES string of the molecule is C=C(C)C1CCCC2=CNN=CC2CC1. The van der Waals surface area contributed by atoms with Crippen LogP contribution in [0.15, 0.2) is 29.0 Å². The zero-order valence-electron chi connectivity index (χ0n) is 9.50. The topological polar surface area (TPSA) is 24.4 Å². The molecule has 2 atom stereocenters.